The Labute approximate surface area is 169 Å². The fourth-order valence-electron chi connectivity index (χ4n) is 3.25. The number of hydrogen-bond donors (Lipinski definition) is 1. The number of furan rings is 1. The number of benzene rings is 1. The van der Waals surface area contributed by atoms with Gasteiger partial charge in [0.25, 0.3) is 0 Å². The Balaban J connectivity index is 2.07. The van der Waals surface area contributed by atoms with Crippen molar-refractivity contribution >= 4 is 31.5 Å². The zero-order valence-corrected chi connectivity index (χ0v) is 17.6. The number of sulfone groups is 1. The summed E-state index contributed by atoms with van der Waals surface area (Å²) in [6.07, 6.45) is 1.61. The van der Waals surface area contributed by atoms with Crippen LogP contribution in [0.3, 0.4) is 0 Å². The Bertz CT molecular complexity index is 1090. The number of ether oxygens (including phenoxy) is 1. The molecule has 0 bridgehead atoms. The van der Waals surface area contributed by atoms with Crippen LogP contribution in [0, 0.1) is 0 Å². The fraction of sp³-hybridized carbons (Fsp3) is 0.389. The van der Waals surface area contributed by atoms with Crippen molar-refractivity contribution in [2.45, 2.75) is 30.8 Å². The first-order chi connectivity index (χ1) is 13.6. The molecule has 2 aromatic rings. The molecule has 0 spiro atoms. The monoisotopic (exact) mass is 442 g/mol. The van der Waals surface area contributed by atoms with E-state index in [2.05, 4.69) is 5.32 Å². The van der Waals surface area contributed by atoms with Gasteiger partial charge in [-0.1, -0.05) is 0 Å². The molecule has 1 atom stereocenters. The van der Waals surface area contributed by atoms with Crippen LogP contribution < -0.4 is 10.1 Å². The molecule has 0 unspecified atom stereocenters. The number of rotatable bonds is 7. The van der Waals surface area contributed by atoms with Gasteiger partial charge in [-0.2, -0.15) is 4.31 Å². The molecule has 1 N–H and O–H groups in total. The summed E-state index contributed by atoms with van der Waals surface area (Å²) in [5.41, 5.74) is 0.286. The third-order valence-corrected chi connectivity index (χ3v) is 8.25. The quantitative estimate of drug-likeness (QED) is 0.691. The normalized spacial score (nSPS) is 18.7. The topological polar surface area (TPSA) is 123 Å². The molecule has 1 aliphatic heterocycles. The Morgan fingerprint density at radius 2 is 2.10 bits per heavy atom. The van der Waals surface area contributed by atoms with E-state index in [-0.39, 0.29) is 46.7 Å². The highest BCUT2D eigenvalue weighted by atomic mass is 32.2. The maximum absolute atomic E-state index is 13.6. The van der Waals surface area contributed by atoms with Crippen molar-refractivity contribution < 1.29 is 30.8 Å². The molecule has 1 fully saturated rings. The van der Waals surface area contributed by atoms with Gasteiger partial charge in [-0.3, -0.25) is 4.79 Å². The number of nitrogens with one attached hydrogen (secondary N) is 1. The highest BCUT2D eigenvalue weighted by Gasteiger charge is 2.40. The number of carbonyl (C=O) groups excluding carboxylic acids is 1. The first kappa shape index (κ1) is 21.3. The molecule has 2 heterocycles. The number of sulfonamides is 1. The molecule has 3 rings (SSSR count). The Hall–Kier alpha value is -2.37. The van der Waals surface area contributed by atoms with E-state index in [9.17, 15) is 21.6 Å². The van der Waals surface area contributed by atoms with Gasteiger partial charge in [0.1, 0.15) is 16.4 Å². The number of methoxy groups -OCH3 is 1. The molecule has 29 heavy (non-hydrogen) atoms. The van der Waals surface area contributed by atoms with E-state index in [4.69, 9.17) is 9.15 Å². The average molecular weight is 443 g/mol. The third kappa shape index (κ3) is 4.80. The van der Waals surface area contributed by atoms with Crippen molar-refractivity contribution in [1.29, 1.82) is 0 Å². The van der Waals surface area contributed by atoms with Crippen LogP contribution in [0.25, 0.3) is 0 Å². The zero-order chi connectivity index (χ0) is 21.2. The second-order valence-corrected chi connectivity index (χ2v) is 10.8. The first-order valence-electron chi connectivity index (χ1n) is 8.82. The molecule has 1 aromatic carbocycles. The molecule has 158 valence electrons. The first-order valence-corrected chi connectivity index (χ1v) is 12.1. The summed E-state index contributed by atoms with van der Waals surface area (Å²) in [5, 5.41) is 2.54. The lowest BCUT2D eigenvalue weighted by molar-refractivity contribution is -0.114. The lowest BCUT2D eigenvalue weighted by atomic mass is 10.2. The smallest absolute Gasteiger partial charge is 0.247 e. The molecule has 11 heteroatoms. The van der Waals surface area contributed by atoms with E-state index in [0.717, 1.165) is 4.31 Å². The maximum Gasteiger partial charge on any atom is 0.247 e. The van der Waals surface area contributed by atoms with Gasteiger partial charge in [-0.05, 0) is 36.8 Å². The van der Waals surface area contributed by atoms with Crippen LogP contribution in [0.15, 0.2) is 45.9 Å². The number of nitrogens with zero attached hydrogens (tertiary/aromatic N) is 1. The predicted octanol–water partition coefficient (Wildman–Crippen LogP) is 1.62. The van der Waals surface area contributed by atoms with Gasteiger partial charge >= 0.3 is 0 Å². The Morgan fingerprint density at radius 1 is 1.34 bits per heavy atom. The van der Waals surface area contributed by atoms with Gasteiger partial charge in [-0.15, -0.1) is 0 Å². The predicted molar refractivity (Wildman–Crippen MR) is 106 cm³/mol. The van der Waals surface area contributed by atoms with Crippen molar-refractivity contribution in [2.24, 2.45) is 0 Å². The van der Waals surface area contributed by atoms with Crippen LogP contribution >= 0.6 is 0 Å². The van der Waals surface area contributed by atoms with Gasteiger partial charge in [0, 0.05) is 18.7 Å². The lowest BCUT2D eigenvalue weighted by Crippen LogP contribution is -2.40. The molecule has 0 saturated carbocycles. The standard InChI is InChI=1S/C18H22N2O7S2/c1-13(21)19-14-5-6-17(26-2)18(10-14)29(24,25)20(11-16-4-3-8-27-16)15-7-9-28(22,23)12-15/h3-6,8,10,15H,7,9,11-12H2,1-2H3,(H,19,21)/t15-/m0/s1. The van der Waals surface area contributed by atoms with Gasteiger partial charge in [0.15, 0.2) is 9.84 Å². The molecular formula is C18H22N2O7S2. The van der Waals surface area contributed by atoms with E-state index in [1.165, 1.54) is 38.5 Å². The van der Waals surface area contributed by atoms with Gasteiger partial charge in [0.2, 0.25) is 15.9 Å². The molecule has 1 aromatic heterocycles. The molecule has 1 aliphatic rings. The summed E-state index contributed by atoms with van der Waals surface area (Å²) >= 11 is 0. The van der Waals surface area contributed by atoms with E-state index in [1.54, 1.807) is 12.1 Å². The number of anilines is 1. The van der Waals surface area contributed by atoms with Gasteiger partial charge in [-0.25, -0.2) is 16.8 Å². The molecule has 9 nitrogen and oxygen atoms in total. The van der Waals surface area contributed by atoms with Crippen molar-refractivity contribution in [3.05, 3.63) is 42.4 Å². The van der Waals surface area contributed by atoms with Gasteiger partial charge in [0.05, 0.1) is 31.4 Å². The maximum atomic E-state index is 13.6. The van der Waals surface area contributed by atoms with Crippen LogP contribution in [0.1, 0.15) is 19.1 Å². The van der Waals surface area contributed by atoms with E-state index in [1.807, 2.05) is 0 Å². The summed E-state index contributed by atoms with van der Waals surface area (Å²) < 4.78 is 62.8. The van der Waals surface area contributed by atoms with E-state index >= 15 is 0 Å². The molecule has 0 aliphatic carbocycles. The third-order valence-electron chi connectivity index (χ3n) is 4.58. The van der Waals surface area contributed by atoms with Crippen LogP contribution in [0.2, 0.25) is 0 Å². The van der Waals surface area contributed by atoms with Crippen molar-refractivity contribution in [3.8, 4) is 5.75 Å². The zero-order valence-electron chi connectivity index (χ0n) is 16.0. The molecular weight excluding hydrogens is 420 g/mol. The number of amides is 1. The van der Waals surface area contributed by atoms with Crippen molar-refractivity contribution in [2.75, 3.05) is 23.9 Å². The summed E-state index contributed by atoms with van der Waals surface area (Å²) in [5.74, 6) is -0.224. The number of hydrogen-bond acceptors (Lipinski definition) is 7. The second kappa shape index (κ2) is 8.17. The van der Waals surface area contributed by atoms with Crippen molar-refractivity contribution in [1.82, 2.24) is 4.31 Å². The van der Waals surface area contributed by atoms with Gasteiger partial charge < -0.3 is 14.5 Å². The van der Waals surface area contributed by atoms with E-state index < -0.39 is 25.9 Å². The summed E-state index contributed by atoms with van der Waals surface area (Å²) in [6.45, 7) is 1.19. The Kier molecular flexibility index (Phi) is 6.01. The fourth-order valence-corrected chi connectivity index (χ4v) is 6.88. The number of carbonyl (C=O) groups is 1. The minimum Gasteiger partial charge on any atom is -0.495 e. The molecule has 0 radical (unpaired) electrons. The van der Waals surface area contributed by atoms with E-state index in [0.29, 0.717) is 5.76 Å². The SMILES string of the molecule is COc1ccc(NC(C)=O)cc1S(=O)(=O)N(Cc1ccco1)[C@H]1CCS(=O)(=O)C1. The van der Waals surface area contributed by atoms with Crippen LogP contribution in [0.5, 0.6) is 5.75 Å². The molecule has 1 amide bonds. The largest absolute Gasteiger partial charge is 0.495 e. The summed E-state index contributed by atoms with van der Waals surface area (Å²) in [4.78, 5) is 11.2. The van der Waals surface area contributed by atoms with Crippen LogP contribution in [-0.4, -0.2) is 51.7 Å². The second-order valence-electron chi connectivity index (χ2n) is 6.73. The molecule has 1 saturated heterocycles. The average Bonchev–Trinajstić information content (AvgIpc) is 3.28. The van der Waals surface area contributed by atoms with Crippen LogP contribution in [-0.2, 0) is 31.2 Å². The Morgan fingerprint density at radius 3 is 2.66 bits per heavy atom. The minimum atomic E-state index is -4.18. The minimum absolute atomic E-state index is 0.0785. The van der Waals surface area contributed by atoms with Crippen LogP contribution in [0.4, 0.5) is 5.69 Å². The summed E-state index contributed by atoms with van der Waals surface area (Å²) in [7, 11) is -6.17. The highest BCUT2D eigenvalue weighted by Crippen LogP contribution is 2.33. The highest BCUT2D eigenvalue weighted by molar-refractivity contribution is 7.92. The summed E-state index contributed by atoms with van der Waals surface area (Å²) in [6, 6.07) is 6.78. The van der Waals surface area contributed by atoms with Crippen molar-refractivity contribution in [3.63, 3.8) is 0 Å². The lowest BCUT2D eigenvalue weighted by Gasteiger charge is -2.27.